The number of nitrogens with one attached hydrogen (secondary N) is 2. The number of carbonyl (C=O) groups excluding carboxylic acids is 1. The number of halogens is 2. The fourth-order valence-corrected chi connectivity index (χ4v) is 3.18. The molecule has 3 rings (SSSR count). The lowest BCUT2D eigenvalue weighted by Crippen LogP contribution is -2.31. The number of amides is 1. The second-order valence-electron chi connectivity index (χ2n) is 5.82. The Bertz CT molecular complexity index is 515. The Morgan fingerprint density at radius 3 is 2.75 bits per heavy atom. The number of carbonyl (C=O) groups is 1. The van der Waals surface area contributed by atoms with Gasteiger partial charge in [0.2, 0.25) is 5.91 Å². The third-order valence-electron chi connectivity index (χ3n) is 4.55. The van der Waals surface area contributed by atoms with E-state index in [0.29, 0.717) is 0 Å². The zero-order valence-corrected chi connectivity index (χ0v) is 12.4. The molecule has 0 radical (unpaired) electrons. The van der Waals surface area contributed by atoms with Crippen LogP contribution in [0.25, 0.3) is 0 Å². The standard InChI is InChI=1S/C15H19FN2O.ClH/c1-10-8-11(16)2-3-13(10)18-14(19)12-9-15(12)4-6-17-7-5-15;/h2-3,8,12,17H,4-7,9H2,1H3,(H,18,19);1H. The lowest BCUT2D eigenvalue weighted by molar-refractivity contribution is -0.118. The molecule has 20 heavy (non-hydrogen) atoms. The van der Waals surface area contributed by atoms with Crippen molar-refractivity contribution in [3.05, 3.63) is 29.6 Å². The summed E-state index contributed by atoms with van der Waals surface area (Å²) in [5.41, 5.74) is 1.74. The van der Waals surface area contributed by atoms with Gasteiger partial charge in [0.25, 0.3) is 0 Å². The number of benzene rings is 1. The van der Waals surface area contributed by atoms with Gasteiger partial charge in [0.1, 0.15) is 5.82 Å². The summed E-state index contributed by atoms with van der Waals surface area (Å²) in [6, 6.07) is 4.47. The van der Waals surface area contributed by atoms with Gasteiger partial charge in [-0.25, -0.2) is 4.39 Å². The second kappa shape index (κ2) is 5.70. The van der Waals surface area contributed by atoms with Crippen LogP contribution < -0.4 is 10.6 Å². The van der Waals surface area contributed by atoms with Crippen molar-refractivity contribution in [1.29, 1.82) is 0 Å². The molecule has 1 aromatic rings. The van der Waals surface area contributed by atoms with Crippen LogP contribution in [0.4, 0.5) is 10.1 Å². The Labute approximate surface area is 124 Å². The first-order valence-electron chi connectivity index (χ1n) is 6.88. The molecule has 1 heterocycles. The van der Waals surface area contributed by atoms with Crippen molar-refractivity contribution in [2.24, 2.45) is 11.3 Å². The molecule has 0 aromatic heterocycles. The number of anilines is 1. The highest BCUT2D eigenvalue weighted by Gasteiger charge is 2.57. The van der Waals surface area contributed by atoms with Crippen molar-refractivity contribution < 1.29 is 9.18 Å². The first-order valence-corrected chi connectivity index (χ1v) is 6.88. The summed E-state index contributed by atoms with van der Waals surface area (Å²) in [4.78, 5) is 12.3. The molecule has 1 amide bonds. The van der Waals surface area contributed by atoms with E-state index in [2.05, 4.69) is 10.6 Å². The van der Waals surface area contributed by atoms with Crippen LogP contribution in [0, 0.1) is 24.1 Å². The van der Waals surface area contributed by atoms with Crippen LogP contribution in [-0.4, -0.2) is 19.0 Å². The predicted molar refractivity (Wildman–Crippen MR) is 79.7 cm³/mol. The van der Waals surface area contributed by atoms with Crippen molar-refractivity contribution in [2.75, 3.05) is 18.4 Å². The first kappa shape index (κ1) is 15.3. The molecule has 2 fully saturated rings. The molecule has 1 aliphatic heterocycles. The average molecular weight is 299 g/mol. The molecule has 1 aliphatic carbocycles. The molecule has 1 atom stereocenters. The SMILES string of the molecule is Cc1cc(F)ccc1NC(=O)C1CC12CCNCC2.Cl. The third kappa shape index (κ3) is 2.81. The minimum atomic E-state index is -0.267. The van der Waals surface area contributed by atoms with Gasteiger partial charge in [-0.3, -0.25) is 4.79 Å². The molecule has 2 aliphatic rings. The van der Waals surface area contributed by atoms with Gasteiger partial charge in [-0.05, 0) is 68.5 Å². The molecule has 110 valence electrons. The van der Waals surface area contributed by atoms with Gasteiger partial charge in [-0.1, -0.05) is 0 Å². The number of piperidine rings is 1. The molecule has 1 aromatic carbocycles. The van der Waals surface area contributed by atoms with Crippen molar-refractivity contribution in [3.8, 4) is 0 Å². The van der Waals surface area contributed by atoms with E-state index in [4.69, 9.17) is 0 Å². The minimum Gasteiger partial charge on any atom is -0.326 e. The maximum atomic E-state index is 13.0. The maximum Gasteiger partial charge on any atom is 0.228 e. The van der Waals surface area contributed by atoms with Crippen LogP contribution in [0.3, 0.4) is 0 Å². The summed E-state index contributed by atoms with van der Waals surface area (Å²) in [6.07, 6.45) is 3.18. The highest BCUT2D eigenvalue weighted by atomic mass is 35.5. The molecule has 3 nitrogen and oxygen atoms in total. The topological polar surface area (TPSA) is 41.1 Å². The van der Waals surface area contributed by atoms with E-state index in [9.17, 15) is 9.18 Å². The van der Waals surface area contributed by atoms with Crippen LogP contribution in [0.1, 0.15) is 24.8 Å². The quantitative estimate of drug-likeness (QED) is 0.881. The zero-order chi connectivity index (χ0) is 13.5. The molecule has 0 bridgehead atoms. The Kier molecular flexibility index (Phi) is 4.35. The summed E-state index contributed by atoms with van der Waals surface area (Å²) in [7, 11) is 0. The fourth-order valence-electron chi connectivity index (χ4n) is 3.18. The summed E-state index contributed by atoms with van der Waals surface area (Å²) < 4.78 is 13.0. The second-order valence-corrected chi connectivity index (χ2v) is 5.82. The molecular weight excluding hydrogens is 279 g/mol. The monoisotopic (exact) mass is 298 g/mol. The number of hydrogen-bond donors (Lipinski definition) is 2. The molecule has 1 unspecified atom stereocenters. The van der Waals surface area contributed by atoms with Crippen molar-refractivity contribution in [2.45, 2.75) is 26.2 Å². The van der Waals surface area contributed by atoms with E-state index in [0.717, 1.165) is 43.6 Å². The van der Waals surface area contributed by atoms with E-state index >= 15 is 0 Å². The Morgan fingerprint density at radius 2 is 2.10 bits per heavy atom. The van der Waals surface area contributed by atoms with Gasteiger partial charge in [0, 0.05) is 11.6 Å². The molecule has 1 spiro atoms. The predicted octanol–water partition coefficient (Wildman–Crippen LogP) is 2.88. The lowest BCUT2D eigenvalue weighted by atomic mass is 9.91. The largest absolute Gasteiger partial charge is 0.326 e. The van der Waals surface area contributed by atoms with Gasteiger partial charge < -0.3 is 10.6 Å². The normalized spacial score (nSPS) is 23.0. The Hall–Kier alpha value is -1.13. The number of hydrogen-bond acceptors (Lipinski definition) is 2. The molecule has 2 N–H and O–H groups in total. The molecule has 1 saturated heterocycles. The average Bonchev–Trinajstić information content (AvgIpc) is 3.07. The molecule has 5 heteroatoms. The highest BCUT2D eigenvalue weighted by Crippen LogP contribution is 2.58. The minimum absolute atomic E-state index is 0. The van der Waals surface area contributed by atoms with Crippen molar-refractivity contribution in [3.63, 3.8) is 0 Å². The maximum absolute atomic E-state index is 13.0. The van der Waals surface area contributed by atoms with Crippen molar-refractivity contribution >= 4 is 24.0 Å². The van der Waals surface area contributed by atoms with Crippen LogP contribution in [-0.2, 0) is 4.79 Å². The summed E-state index contributed by atoms with van der Waals surface area (Å²) in [5.74, 6) is -0.0348. The smallest absolute Gasteiger partial charge is 0.228 e. The number of rotatable bonds is 2. The van der Waals surface area contributed by atoms with E-state index in [1.165, 1.54) is 12.1 Å². The Balaban J connectivity index is 0.00000147. The summed E-state index contributed by atoms with van der Waals surface area (Å²) in [6.45, 7) is 3.84. The van der Waals surface area contributed by atoms with Gasteiger partial charge in [-0.2, -0.15) is 0 Å². The Morgan fingerprint density at radius 1 is 1.40 bits per heavy atom. The molecule has 1 saturated carbocycles. The summed E-state index contributed by atoms with van der Waals surface area (Å²) in [5, 5.41) is 6.28. The molecular formula is C15H20ClFN2O. The summed E-state index contributed by atoms with van der Waals surface area (Å²) >= 11 is 0. The van der Waals surface area contributed by atoms with E-state index in [-0.39, 0.29) is 35.5 Å². The van der Waals surface area contributed by atoms with Crippen LogP contribution in [0.2, 0.25) is 0 Å². The van der Waals surface area contributed by atoms with Crippen LogP contribution in [0.15, 0.2) is 18.2 Å². The van der Waals surface area contributed by atoms with Crippen LogP contribution in [0.5, 0.6) is 0 Å². The van der Waals surface area contributed by atoms with E-state index in [1.807, 2.05) is 6.92 Å². The number of aryl methyl sites for hydroxylation is 1. The third-order valence-corrected chi connectivity index (χ3v) is 4.55. The van der Waals surface area contributed by atoms with Crippen molar-refractivity contribution in [1.82, 2.24) is 5.32 Å². The highest BCUT2D eigenvalue weighted by molar-refractivity contribution is 5.95. The lowest BCUT2D eigenvalue weighted by Gasteiger charge is -2.23. The fraction of sp³-hybridized carbons (Fsp3) is 0.533. The van der Waals surface area contributed by atoms with Gasteiger partial charge in [0.15, 0.2) is 0 Å². The van der Waals surface area contributed by atoms with Crippen LogP contribution >= 0.6 is 12.4 Å². The first-order chi connectivity index (χ1) is 9.11. The van der Waals surface area contributed by atoms with Gasteiger partial charge in [0.05, 0.1) is 0 Å². The zero-order valence-electron chi connectivity index (χ0n) is 11.5. The van der Waals surface area contributed by atoms with E-state index in [1.54, 1.807) is 6.07 Å². The van der Waals surface area contributed by atoms with Gasteiger partial charge >= 0.3 is 0 Å². The van der Waals surface area contributed by atoms with Gasteiger partial charge in [-0.15, -0.1) is 12.4 Å². The van der Waals surface area contributed by atoms with E-state index < -0.39 is 0 Å².